The van der Waals surface area contributed by atoms with Gasteiger partial charge in [0.2, 0.25) is 5.91 Å². The maximum Gasteiger partial charge on any atom is 0.269 e. The fourth-order valence-corrected chi connectivity index (χ4v) is 7.14. The Balaban J connectivity index is 1.26. The summed E-state index contributed by atoms with van der Waals surface area (Å²) in [5.74, 6) is -0.476. The molecule has 234 valence electrons. The van der Waals surface area contributed by atoms with E-state index in [0.717, 1.165) is 54.5 Å². The van der Waals surface area contributed by atoms with Crippen molar-refractivity contribution in [3.63, 3.8) is 0 Å². The normalized spacial score (nSPS) is 21.1. The van der Waals surface area contributed by atoms with Crippen LogP contribution in [0.3, 0.4) is 0 Å². The van der Waals surface area contributed by atoms with Crippen LogP contribution in [0.2, 0.25) is 0 Å². The topological polar surface area (TPSA) is 108 Å². The first kappa shape index (κ1) is 29.3. The molecule has 1 aliphatic carbocycles. The highest BCUT2D eigenvalue weighted by atomic mass is 19.1. The lowest BCUT2D eigenvalue weighted by Crippen LogP contribution is -2.57. The van der Waals surface area contributed by atoms with Crippen molar-refractivity contribution in [3.05, 3.63) is 59.9 Å². The third-order valence-electron chi connectivity index (χ3n) is 9.85. The summed E-state index contributed by atoms with van der Waals surface area (Å²) in [6.07, 6.45) is 8.58. The third-order valence-corrected chi connectivity index (χ3v) is 9.85. The SMILES string of the molecule is CCn1cnc2cc(-c3ccc4c(c3)N([C@H]3C[C@@H](N5CCCCC5)C3)C(=O)C4(C)C)nc(Nc3cc(C(=O)NC)ncc3F)c21. The number of piperidine rings is 1. The molecule has 11 heteroatoms. The fraction of sp³-hybridized carbons (Fsp3) is 0.441. The molecular weight excluding hydrogens is 571 g/mol. The second kappa shape index (κ2) is 11.2. The number of imidazole rings is 1. The van der Waals surface area contributed by atoms with Crippen molar-refractivity contribution in [2.75, 3.05) is 30.4 Å². The van der Waals surface area contributed by atoms with Crippen molar-refractivity contribution in [1.82, 2.24) is 29.7 Å². The van der Waals surface area contributed by atoms with Gasteiger partial charge in [-0.3, -0.25) is 9.59 Å². The lowest BCUT2D eigenvalue weighted by molar-refractivity contribution is -0.123. The van der Waals surface area contributed by atoms with Crippen LogP contribution in [-0.4, -0.2) is 68.5 Å². The highest BCUT2D eigenvalue weighted by molar-refractivity contribution is 6.09. The van der Waals surface area contributed by atoms with E-state index in [4.69, 9.17) is 4.98 Å². The van der Waals surface area contributed by atoms with E-state index < -0.39 is 17.1 Å². The van der Waals surface area contributed by atoms with Crippen LogP contribution in [0.5, 0.6) is 0 Å². The number of amides is 2. The first-order valence-electron chi connectivity index (χ1n) is 15.9. The number of aryl methyl sites for hydroxylation is 1. The van der Waals surface area contributed by atoms with Gasteiger partial charge >= 0.3 is 0 Å². The maximum absolute atomic E-state index is 15.0. The molecule has 2 fully saturated rings. The quantitative estimate of drug-likeness (QED) is 0.289. The minimum absolute atomic E-state index is 0.0825. The van der Waals surface area contributed by atoms with Gasteiger partial charge in [0.1, 0.15) is 11.2 Å². The number of nitrogens with one attached hydrogen (secondary N) is 2. The van der Waals surface area contributed by atoms with Gasteiger partial charge in [0.05, 0.1) is 34.8 Å². The van der Waals surface area contributed by atoms with Crippen LogP contribution in [0.15, 0.2) is 42.9 Å². The van der Waals surface area contributed by atoms with E-state index in [1.165, 1.54) is 32.4 Å². The number of carbonyl (C=O) groups excluding carboxylic acids is 2. The van der Waals surface area contributed by atoms with Gasteiger partial charge in [0, 0.05) is 36.9 Å². The first-order chi connectivity index (χ1) is 21.7. The van der Waals surface area contributed by atoms with Crippen LogP contribution < -0.4 is 15.5 Å². The van der Waals surface area contributed by atoms with Crippen molar-refractivity contribution in [2.45, 2.75) is 76.9 Å². The molecule has 3 aromatic heterocycles. The number of pyridine rings is 2. The molecule has 4 aromatic rings. The molecule has 0 unspecified atom stereocenters. The Bertz CT molecular complexity index is 1810. The average molecular weight is 611 g/mol. The lowest BCUT2D eigenvalue weighted by Gasteiger charge is -2.48. The number of benzene rings is 1. The van der Waals surface area contributed by atoms with Gasteiger partial charge in [-0.25, -0.2) is 19.3 Å². The summed E-state index contributed by atoms with van der Waals surface area (Å²) in [5.41, 5.74) is 4.42. The summed E-state index contributed by atoms with van der Waals surface area (Å²) in [4.78, 5) is 44.2. The van der Waals surface area contributed by atoms with Crippen LogP contribution in [0.1, 0.15) is 68.9 Å². The molecule has 0 bridgehead atoms. The van der Waals surface area contributed by atoms with Gasteiger partial charge in [0.25, 0.3) is 5.91 Å². The number of fused-ring (bicyclic) bond motifs is 2. The molecule has 5 heterocycles. The van der Waals surface area contributed by atoms with E-state index in [2.05, 4.69) is 31.6 Å². The fourth-order valence-electron chi connectivity index (χ4n) is 7.14. The number of carbonyl (C=O) groups is 2. The number of nitrogens with zero attached hydrogens (tertiary/aromatic N) is 6. The summed E-state index contributed by atoms with van der Waals surface area (Å²) >= 11 is 0. The first-order valence-corrected chi connectivity index (χ1v) is 15.9. The Kier molecular flexibility index (Phi) is 7.31. The van der Waals surface area contributed by atoms with Crippen molar-refractivity contribution in [3.8, 4) is 11.3 Å². The number of rotatable bonds is 7. The Labute approximate surface area is 262 Å². The van der Waals surface area contributed by atoms with E-state index in [-0.39, 0.29) is 23.3 Å². The van der Waals surface area contributed by atoms with Crippen LogP contribution in [0.25, 0.3) is 22.3 Å². The summed E-state index contributed by atoms with van der Waals surface area (Å²) < 4.78 is 16.9. The number of anilines is 3. The van der Waals surface area contributed by atoms with Gasteiger partial charge in [-0.1, -0.05) is 18.6 Å². The van der Waals surface area contributed by atoms with Gasteiger partial charge < -0.3 is 25.0 Å². The standard InChI is InChI=1S/C34H39FN8O2/c1-5-41-19-38-27-16-25(39-31(30(27)41)40-26-17-28(32(44)36-4)37-18-24(26)35)20-9-10-23-29(13-20)43(33(45)34(23,2)3)22-14-21(15-22)42-11-7-6-8-12-42/h9-10,13,16-19,21-22H,5-8,11-12,14-15H2,1-4H3,(H,36,44)(H,37,39,40)/t21-,22+. The van der Waals surface area contributed by atoms with Crippen molar-refractivity contribution in [1.29, 1.82) is 0 Å². The van der Waals surface area contributed by atoms with Gasteiger partial charge in [0.15, 0.2) is 11.6 Å². The molecule has 2 N–H and O–H groups in total. The molecule has 45 heavy (non-hydrogen) atoms. The van der Waals surface area contributed by atoms with E-state index in [0.29, 0.717) is 29.6 Å². The average Bonchev–Trinajstić information content (AvgIpc) is 3.54. The molecule has 1 saturated carbocycles. The minimum Gasteiger partial charge on any atom is -0.354 e. The Morgan fingerprint density at radius 2 is 1.84 bits per heavy atom. The number of aromatic nitrogens is 4. The molecule has 1 aromatic carbocycles. The summed E-state index contributed by atoms with van der Waals surface area (Å²) in [6, 6.07) is 10.1. The van der Waals surface area contributed by atoms with Crippen LogP contribution >= 0.6 is 0 Å². The smallest absolute Gasteiger partial charge is 0.269 e. The number of hydrogen-bond donors (Lipinski definition) is 2. The van der Waals surface area contributed by atoms with Gasteiger partial charge in [-0.2, -0.15) is 0 Å². The van der Waals surface area contributed by atoms with Crippen molar-refractivity contribution in [2.24, 2.45) is 0 Å². The Morgan fingerprint density at radius 1 is 1.07 bits per heavy atom. The summed E-state index contributed by atoms with van der Waals surface area (Å²) in [6.45, 7) is 8.97. The number of likely N-dealkylation sites (tertiary alicyclic amines) is 1. The molecule has 2 aliphatic heterocycles. The van der Waals surface area contributed by atoms with E-state index in [1.807, 2.05) is 48.4 Å². The molecule has 10 nitrogen and oxygen atoms in total. The molecule has 7 rings (SSSR count). The van der Waals surface area contributed by atoms with E-state index in [9.17, 15) is 14.0 Å². The van der Waals surface area contributed by atoms with Crippen LogP contribution in [0.4, 0.5) is 21.6 Å². The second-order valence-electron chi connectivity index (χ2n) is 12.9. The Morgan fingerprint density at radius 3 is 2.58 bits per heavy atom. The monoisotopic (exact) mass is 610 g/mol. The van der Waals surface area contributed by atoms with Crippen LogP contribution in [0, 0.1) is 5.82 Å². The van der Waals surface area contributed by atoms with Crippen molar-refractivity contribution < 1.29 is 14.0 Å². The van der Waals surface area contributed by atoms with E-state index in [1.54, 1.807) is 6.33 Å². The van der Waals surface area contributed by atoms with Crippen molar-refractivity contribution >= 4 is 40.0 Å². The van der Waals surface area contributed by atoms with E-state index >= 15 is 0 Å². The Hall–Kier alpha value is -4.38. The second-order valence-corrected chi connectivity index (χ2v) is 12.9. The molecule has 0 spiro atoms. The molecule has 1 saturated heterocycles. The highest BCUT2D eigenvalue weighted by Crippen LogP contribution is 2.48. The molecule has 3 aliphatic rings. The predicted octanol–water partition coefficient (Wildman–Crippen LogP) is 5.40. The van der Waals surface area contributed by atoms with Crippen LogP contribution in [-0.2, 0) is 16.8 Å². The highest BCUT2D eigenvalue weighted by Gasteiger charge is 2.50. The maximum atomic E-state index is 15.0. The molecular formula is C34H39FN8O2. The summed E-state index contributed by atoms with van der Waals surface area (Å²) in [5, 5.41) is 5.65. The number of halogens is 1. The third kappa shape index (κ3) is 4.93. The molecule has 2 amide bonds. The predicted molar refractivity (Wildman–Crippen MR) is 172 cm³/mol. The number of hydrogen-bond acceptors (Lipinski definition) is 7. The van der Waals surface area contributed by atoms with Gasteiger partial charge in [-0.05, 0) is 83.3 Å². The van der Waals surface area contributed by atoms with Gasteiger partial charge in [-0.15, -0.1) is 0 Å². The zero-order valence-corrected chi connectivity index (χ0v) is 26.2. The largest absolute Gasteiger partial charge is 0.354 e. The zero-order valence-electron chi connectivity index (χ0n) is 26.2. The molecule has 0 atom stereocenters. The lowest BCUT2D eigenvalue weighted by atomic mass is 9.82. The minimum atomic E-state index is -0.616. The molecule has 0 radical (unpaired) electrons. The summed E-state index contributed by atoms with van der Waals surface area (Å²) in [7, 11) is 1.50. The zero-order chi connectivity index (χ0) is 31.5.